The van der Waals surface area contributed by atoms with E-state index in [2.05, 4.69) is 9.80 Å². The molecule has 0 saturated carbocycles. The number of fused-ring (bicyclic) bond motifs is 2. The fourth-order valence-electron chi connectivity index (χ4n) is 4.54. The lowest BCUT2D eigenvalue weighted by Gasteiger charge is -2.40. The Bertz CT molecular complexity index is 901. The van der Waals surface area contributed by atoms with Crippen LogP contribution in [0, 0.1) is 5.82 Å². The second-order valence-electron chi connectivity index (χ2n) is 7.53. The van der Waals surface area contributed by atoms with Crippen molar-refractivity contribution < 1.29 is 19.0 Å². The highest BCUT2D eigenvalue weighted by Gasteiger charge is 2.37. The summed E-state index contributed by atoms with van der Waals surface area (Å²) in [5, 5.41) is 11.4. The molecule has 1 fully saturated rings. The van der Waals surface area contributed by atoms with Crippen molar-refractivity contribution in [2.45, 2.75) is 18.6 Å². The van der Waals surface area contributed by atoms with Gasteiger partial charge in [0, 0.05) is 43.3 Å². The fraction of sp³-hybridized carbons (Fsp3) is 0.429. The molecule has 2 aromatic rings. The van der Waals surface area contributed by atoms with Crippen molar-refractivity contribution in [3.63, 3.8) is 0 Å². The molecule has 0 bridgehead atoms. The molecular formula is C21H22ClFN2O3. The second-order valence-corrected chi connectivity index (χ2v) is 7.97. The van der Waals surface area contributed by atoms with Crippen molar-refractivity contribution in [1.82, 2.24) is 4.90 Å². The minimum absolute atomic E-state index is 0.00758. The summed E-state index contributed by atoms with van der Waals surface area (Å²) in [6.45, 7) is 4.26. The Hall–Kier alpha value is -2.02. The zero-order chi connectivity index (χ0) is 19.3. The third-order valence-electron chi connectivity index (χ3n) is 5.93. The Morgan fingerprint density at radius 3 is 2.64 bits per heavy atom. The summed E-state index contributed by atoms with van der Waals surface area (Å²) in [4.78, 5) is 4.55. The van der Waals surface area contributed by atoms with Gasteiger partial charge in [-0.1, -0.05) is 17.7 Å². The summed E-state index contributed by atoms with van der Waals surface area (Å²) in [5.41, 5.74) is 2.72. The van der Waals surface area contributed by atoms with Crippen molar-refractivity contribution in [3.05, 3.63) is 52.3 Å². The first kappa shape index (κ1) is 18.0. The van der Waals surface area contributed by atoms with Gasteiger partial charge in [0.15, 0.2) is 11.5 Å². The van der Waals surface area contributed by atoms with Gasteiger partial charge in [0.2, 0.25) is 0 Å². The molecule has 2 atom stereocenters. The fourth-order valence-corrected chi connectivity index (χ4v) is 4.75. The highest BCUT2D eigenvalue weighted by Crippen LogP contribution is 2.43. The molecule has 0 unspecified atom stereocenters. The minimum atomic E-state index is -0.571. The van der Waals surface area contributed by atoms with E-state index in [4.69, 9.17) is 21.1 Å². The number of anilines is 1. The first-order valence-electron chi connectivity index (χ1n) is 9.65. The largest absolute Gasteiger partial charge is 0.486 e. The van der Waals surface area contributed by atoms with E-state index >= 15 is 0 Å². The number of ether oxygens (including phenoxy) is 2. The molecule has 5 rings (SSSR count). The molecule has 0 amide bonds. The molecular weight excluding hydrogens is 383 g/mol. The average Bonchev–Trinajstić information content (AvgIpc) is 3.03. The van der Waals surface area contributed by atoms with Crippen molar-refractivity contribution in [3.8, 4) is 11.5 Å². The van der Waals surface area contributed by atoms with E-state index in [0.717, 1.165) is 48.7 Å². The van der Waals surface area contributed by atoms with Crippen LogP contribution in [0.25, 0.3) is 0 Å². The van der Waals surface area contributed by atoms with Gasteiger partial charge in [-0.15, -0.1) is 0 Å². The summed E-state index contributed by atoms with van der Waals surface area (Å²) in [6, 6.07) is 8.39. The lowest BCUT2D eigenvalue weighted by molar-refractivity contribution is 0.0571. The Morgan fingerprint density at radius 2 is 1.82 bits per heavy atom. The van der Waals surface area contributed by atoms with E-state index in [1.807, 2.05) is 6.07 Å². The summed E-state index contributed by atoms with van der Waals surface area (Å²) in [6.07, 6.45) is 0.107. The van der Waals surface area contributed by atoms with E-state index in [0.29, 0.717) is 30.4 Å². The van der Waals surface area contributed by atoms with Crippen LogP contribution in [0.15, 0.2) is 30.3 Å². The SMILES string of the molecule is O[C@@H]1c2ccc(F)cc2C[C@H]1N1CCN(c2cc(Cl)cc3c2OCCO3)CC1. The Kier molecular flexibility index (Phi) is 4.57. The van der Waals surface area contributed by atoms with Gasteiger partial charge in [0.25, 0.3) is 0 Å². The number of hydrogen-bond donors (Lipinski definition) is 1. The summed E-state index contributed by atoms with van der Waals surface area (Å²) in [7, 11) is 0. The van der Waals surface area contributed by atoms with Crippen LogP contribution in [0.4, 0.5) is 10.1 Å². The topological polar surface area (TPSA) is 45.2 Å². The number of rotatable bonds is 2. The Balaban J connectivity index is 1.31. The van der Waals surface area contributed by atoms with Crippen molar-refractivity contribution in [2.75, 3.05) is 44.3 Å². The molecule has 0 radical (unpaired) electrons. The van der Waals surface area contributed by atoms with Crippen LogP contribution >= 0.6 is 11.6 Å². The number of piperazine rings is 1. The number of halogens is 2. The lowest BCUT2D eigenvalue weighted by Crippen LogP contribution is -2.51. The molecule has 1 N–H and O–H groups in total. The smallest absolute Gasteiger partial charge is 0.184 e. The van der Waals surface area contributed by atoms with E-state index < -0.39 is 6.10 Å². The molecule has 2 heterocycles. The number of hydrogen-bond acceptors (Lipinski definition) is 5. The normalized spacial score (nSPS) is 24.3. The van der Waals surface area contributed by atoms with Crippen molar-refractivity contribution in [2.24, 2.45) is 0 Å². The first-order chi connectivity index (χ1) is 13.6. The maximum Gasteiger partial charge on any atom is 0.184 e. The molecule has 1 aliphatic carbocycles. The van der Waals surface area contributed by atoms with Gasteiger partial charge in [-0.05, 0) is 35.7 Å². The molecule has 2 aromatic carbocycles. The number of aliphatic hydroxyl groups excluding tert-OH is 1. The van der Waals surface area contributed by atoms with Gasteiger partial charge in [0.1, 0.15) is 19.0 Å². The van der Waals surface area contributed by atoms with Gasteiger partial charge < -0.3 is 19.5 Å². The summed E-state index contributed by atoms with van der Waals surface area (Å²) in [5.74, 6) is 1.21. The number of aliphatic hydroxyl groups is 1. The zero-order valence-electron chi connectivity index (χ0n) is 15.4. The number of nitrogens with zero attached hydrogens (tertiary/aromatic N) is 2. The predicted octanol–water partition coefficient (Wildman–Crippen LogP) is 3.03. The quantitative estimate of drug-likeness (QED) is 0.833. The van der Waals surface area contributed by atoms with Gasteiger partial charge in [-0.2, -0.15) is 0 Å². The Morgan fingerprint density at radius 1 is 1.04 bits per heavy atom. The van der Waals surface area contributed by atoms with Crippen LogP contribution in [0.2, 0.25) is 5.02 Å². The van der Waals surface area contributed by atoms with E-state index in [1.165, 1.54) is 6.07 Å². The maximum absolute atomic E-state index is 13.5. The average molecular weight is 405 g/mol. The van der Waals surface area contributed by atoms with Gasteiger partial charge in [0.05, 0.1) is 11.8 Å². The van der Waals surface area contributed by atoms with Crippen molar-refractivity contribution >= 4 is 17.3 Å². The van der Waals surface area contributed by atoms with E-state index in [-0.39, 0.29) is 11.9 Å². The summed E-state index contributed by atoms with van der Waals surface area (Å²) < 4.78 is 25.1. The zero-order valence-corrected chi connectivity index (χ0v) is 16.2. The molecule has 7 heteroatoms. The molecule has 0 aromatic heterocycles. The van der Waals surface area contributed by atoms with Gasteiger partial charge in [-0.3, -0.25) is 4.90 Å². The minimum Gasteiger partial charge on any atom is -0.486 e. The standard InChI is InChI=1S/C21H22ClFN2O3/c22-14-11-18(21-19(12-14)27-7-8-28-21)25-5-3-24(4-6-25)17-10-13-9-15(23)1-2-16(13)20(17)26/h1-2,9,11-12,17,20,26H,3-8,10H2/t17-,20-/m1/s1. The van der Waals surface area contributed by atoms with E-state index in [1.54, 1.807) is 18.2 Å². The molecule has 2 aliphatic heterocycles. The molecule has 148 valence electrons. The first-order valence-corrected chi connectivity index (χ1v) is 10.0. The highest BCUT2D eigenvalue weighted by atomic mass is 35.5. The number of benzene rings is 2. The third-order valence-corrected chi connectivity index (χ3v) is 6.15. The molecule has 28 heavy (non-hydrogen) atoms. The van der Waals surface area contributed by atoms with Crippen LogP contribution in [0.1, 0.15) is 17.2 Å². The van der Waals surface area contributed by atoms with Crippen molar-refractivity contribution in [1.29, 1.82) is 0 Å². The second kappa shape index (κ2) is 7.10. The van der Waals surface area contributed by atoms with Crippen LogP contribution in [-0.2, 0) is 6.42 Å². The molecule has 0 spiro atoms. The van der Waals surface area contributed by atoms with E-state index in [9.17, 15) is 9.50 Å². The van der Waals surface area contributed by atoms with Crippen LogP contribution in [-0.4, -0.2) is 55.4 Å². The van der Waals surface area contributed by atoms with Gasteiger partial charge in [-0.25, -0.2) is 4.39 Å². The summed E-state index contributed by atoms with van der Waals surface area (Å²) >= 11 is 6.28. The third kappa shape index (κ3) is 3.09. The molecule has 5 nitrogen and oxygen atoms in total. The van der Waals surface area contributed by atoms with Crippen LogP contribution in [0.5, 0.6) is 11.5 Å². The van der Waals surface area contributed by atoms with Crippen LogP contribution < -0.4 is 14.4 Å². The Labute approximate surface area is 168 Å². The van der Waals surface area contributed by atoms with Crippen LogP contribution in [0.3, 0.4) is 0 Å². The van der Waals surface area contributed by atoms with Gasteiger partial charge >= 0.3 is 0 Å². The lowest BCUT2D eigenvalue weighted by atomic mass is 10.1. The molecule has 3 aliphatic rings. The highest BCUT2D eigenvalue weighted by molar-refractivity contribution is 6.31. The monoisotopic (exact) mass is 404 g/mol. The molecule has 1 saturated heterocycles. The maximum atomic E-state index is 13.5. The predicted molar refractivity (Wildman–Crippen MR) is 105 cm³/mol.